The summed E-state index contributed by atoms with van der Waals surface area (Å²) in [5.41, 5.74) is -0.253. The molecule has 1 N–H and O–H groups in total. The van der Waals surface area contributed by atoms with Gasteiger partial charge < -0.3 is 24.3 Å². The van der Waals surface area contributed by atoms with E-state index in [1.807, 2.05) is 13.8 Å². The maximum Gasteiger partial charge on any atom is 0.328 e. The van der Waals surface area contributed by atoms with E-state index >= 15 is 0 Å². The number of nitrogens with zero attached hydrogens (tertiary/aromatic N) is 1. The van der Waals surface area contributed by atoms with E-state index in [2.05, 4.69) is 10.3 Å². The van der Waals surface area contributed by atoms with Crippen molar-refractivity contribution in [1.29, 1.82) is 0 Å². The molecular formula is C26H32F2N2O7. The Balaban J connectivity index is 2.14. The van der Waals surface area contributed by atoms with Crippen molar-refractivity contribution in [3.05, 3.63) is 47.8 Å². The highest BCUT2D eigenvalue weighted by atomic mass is 19.1. The fourth-order valence-corrected chi connectivity index (χ4v) is 3.32. The molecule has 202 valence electrons. The quantitative estimate of drug-likeness (QED) is 0.412. The van der Waals surface area contributed by atoms with Gasteiger partial charge in [0, 0.05) is 25.3 Å². The smallest absolute Gasteiger partial charge is 0.328 e. The van der Waals surface area contributed by atoms with Gasteiger partial charge in [-0.3, -0.25) is 9.59 Å². The van der Waals surface area contributed by atoms with E-state index in [-0.39, 0.29) is 35.5 Å². The van der Waals surface area contributed by atoms with Gasteiger partial charge >= 0.3 is 11.9 Å². The Hall–Kier alpha value is -3.76. The fraction of sp³-hybridized carbons (Fsp3) is 0.462. The molecule has 0 radical (unpaired) electrons. The molecule has 1 aromatic heterocycles. The highest BCUT2D eigenvalue weighted by Gasteiger charge is 2.29. The number of benzene rings is 1. The SMILES string of the molecule is CCOc1ccnc(C(=O)N[C@@H](C)C(=O)O[C@@H](C)[C@@H](CC(C)C)Oc2cc(F)ccc2F)c1OC(C)=O. The molecule has 37 heavy (non-hydrogen) atoms. The van der Waals surface area contributed by atoms with Crippen LogP contribution >= 0.6 is 0 Å². The summed E-state index contributed by atoms with van der Waals surface area (Å²) in [6.07, 6.45) is 0.0266. The Morgan fingerprint density at radius 3 is 2.38 bits per heavy atom. The van der Waals surface area contributed by atoms with Crippen molar-refractivity contribution >= 4 is 17.8 Å². The third-order valence-electron chi connectivity index (χ3n) is 5.03. The lowest BCUT2D eigenvalue weighted by atomic mass is 10.0. The van der Waals surface area contributed by atoms with Crippen LogP contribution in [0.25, 0.3) is 0 Å². The number of ether oxygens (including phenoxy) is 4. The summed E-state index contributed by atoms with van der Waals surface area (Å²) in [7, 11) is 0. The third kappa shape index (κ3) is 8.69. The molecule has 0 aliphatic carbocycles. The number of halogens is 2. The van der Waals surface area contributed by atoms with Crippen LogP contribution in [0.1, 0.15) is 58.5 Å². The van der Waals surface area contributed by atoms with Crippen molar-refractivity contribution < 1.29 is 42.1 Å². The highest BCUT2D eigenvalue weighted by Crippen LogP contribution is 2.30. The Kier molecular flexibility index (Phi) is 10.8. The molecule has 0 aliphatic heterocycles. The van der Waals surface area contributed by atoms with Crippen molar-refractivity contribution in [1.82, 2.24) is 10.3 Å². The predicted molar refractivity (Wildman–Crippen MR) is 129 cm³/mol. The van der Waals surface area contributed by atoms with Crippen LogP contribution in [0.5, 0.6) is 17.2 Å². The van der Waals surface area contributed by atoms with E-state index in [1.165, 1.54) is 19.2 Å². The monoisotopic (exact) mass is 522 g/mol. The first-order valence-electron chi connectivity index (χ1n) is 11.9. The van der Waals surface area contributed by atoms with E-state index in [1.54, 1.807) is 13.8 Å². The summed E-state index contributed by atoms with van der Waals surface area (Å²) >= 11 is 0. The maximum absolute atomic E-state index is 14.1. The number of carbonyl (C=O) groups is 3. The molecule has 1 heterocycles. The van der Waals surface area contributed by atoms with Crippen molar-refractivity contribution in [3.8, 4) is 17.2 Å². The number of hydrogen-bond donors (Lipinski definition) is 1. The first kappa shape index (κ1) is 29.5. The normalized spacial score (nSPS) is 13.3. The minimum atomic E-state index is -1.14. The lowest BCUT2D eigenvalue weighted by Crippen LogP contribution is -2.43. The van der Waals surface area contributed by atoms with E-state index < -0.39 is 47.7 Å². The first-order chi connectivity index (χ1) is 17.4. The Labute approximate surface area is 214 Å². The van der Waals surface area contributed by atoms with Gasteiger partial charge in [0.15, 0.2) is 23.0 Å². The second kappa shape index (κ2) is 13.5. The number of aromatic nitrogens is 1. The number of rotatable bonds is 12. The van der Waals surface area contributed by atoms with Gasteiger partial charge in [-0.25, -0.2) is 18.6 Å². The van der Waals surface area contributed by atoms with Crippen LogP contribution in [0.2, 0.25) is 0 Å². The van der Waals surface area contributed by atoms with E-state index in [4.69, 9.17) is 18.9 Å². The second-order valence-electron chi connectivity index (χ2n) is 8.71. The van der Waals surface area contributed by atoms with E-state index in [0.29, 0.717) is 6.42 Å². The number of hydrogen-bond acceptors (Lipinski definition) is 8. The topological polar surface area (TPSA) is 113 Å². The van der Waals surface area contributed by atoms with Crippen molar-refractivity contribution in [2.45, 2.75) is 66.2 Å². The predicted octanol–water partition coefficient (Wildman–Crippen LogP) is 4.23. The molecule has 1 amide bonds. The van der Waals surface area contributed by atoms with Gasteiger partial charge in [0.1, 0.15) is 24.1 Å². The lowest BCUT2D eigenvalue weighted by molar-refractivity contribution is -0.155. The number of carbonyl (C=O) groups excluding carboxylic acids is 3. The maximum atomic E-state index is 14.1. The molecule has 0 spiro atoms. The fourth-order valence-electron chi connectivity index (χ4n) is 3.32. The van der Waals surface area contributed by atoms with Crippen LogP contribution in [0.15, 0.2) is 30.5 Å². The molecule has 0 aliphatic rings. The lowest BCUT2D eigenvalue weighted by Gasteiger charge is -2.27. The second-order valence-corrected chi connectivity index (χ2v) is 8.71. The van der Waals surface area contributed by atoms with Gasteiger partial charge in [-0.15, -0.1) is 0 Å². The van der Waals surface area contributed by atoms with Crippen LogP contribution in [-0.4, -0.2) is 47.7 Å². The summed E-state index contributed by atoms with van der Waals surface area (Å²) in [4.78, 5) is 41.1. The molecule has 2 aromatic rings. The summed E-state index contributed by atoms with van der Waals surface area (Å²) in [6.45, 7) is 9.89. The molecule has 2 rings (SSSR count). The van der Waals surface area contributed by atoms with Gasteiger partial charge in [-0.2, -0.15) is 0 Å². The Bertz CT molecular complexity index is 1110. The van der Waals surface area contributed by atoms with Gasteiger partial charge in [0.05, 0.1) is 6.61 Å². The Morgan fingerprint density at radius 2 is 1.76 bits per heavy atom. The molecule has 3 atom stereocenters. The van der Waals surface area contributed by atoms with Crippen LogP contribution in [0.3, 0.4) is 0 Å². The van der Waals surface area contributed by atoms with Crippen molar-refractivity contribution in [3.63, 3.8) is 0 Å². The summed E-state index contributed by atoms with van der Waals surface area (Å²) in [6, 6.07) is 3.14. The molecule has 0 saturated heterocycles. The van der Waals surface area contributed by atoms with Crippen LogP contribution in [0, 0.1) is 17.6 Å². The third-order valence-corrected chi connectivity index (χ3v) is 5.03. The zero-order valence-corrected chi connectivity index (χ0v) is 21.7. The average Bonchev–Trinajstić information content (AvgIpc) is 2.81. The molecule has 0 saturated carbocycles. The van der Waals surface area contributed by atoms with Crippen molar-refractivity contribution in [2.75, 3.05) is 6.61 Å². The van der Waals surface area contributed by atoms with Gasteiger partial charge in [-0.1, -0.05) is 13.8 Å². The van der Waals surface area contributed by atoms with E-state index in [9.17, 15) is 23.2 Å². The average molecular weight is 523 g/mol. The molecule has 9 nitrogen and oxygen atoms in total. The molecule has 0 fully saturated rings. The molecule has 1 aromatic carbocycles. The molecular weight excluding hydrogens is 490 g/mol. The van der Waals surface area contributed by atoms with Gasteiger partial charge in [0.2, 0.25) is 5.75 Å². The standard InChI is InChI=1S/C26H32F2N2O7/c1-7-34-20-10-11-29-23(24(20)36-17(6)31)25(32)30-15(4)26(33)35-16(5)21(12-14(2)3)37-22-13-18(27)8-9-19(22)28/h8-11,13-16,21H,7,12H2,1-6H3,(H,30,32)/t15-,16-,21+/m0/s1. The van der Waals surface area contributed by atoms with Crippen LogP contribution < -0.4 is 19.5 Å². The summed E-state index contributed by atoms with van der Waals surface area (Å²) in [5, 5.41) is 2.46. The number of esters is 2. The van der Waals surface area contributed by atoms with Gasteiger partial charge in [-0.05, 0) is 45.2 Å². The summed E-state index contributed by atoms with van der Waals surface area (Å²) in [5.74, 6) is -3.95. The number of pyridine rings is 1. The van der Waals surface area contributed by atoms with E-state index in [0.717, 1.165) is 25.1 Å². The van der Waals surface area contributed by atoms with Crippen LogP contribution in [0.4, 0.5) is 8.78 Å². The van der Waals surface area contributed by atoms with Crippen LogP contribution in [-0.2, 0) is 14.3 Å². The minimum Gasteiger partial charge on any atom is -0.490 e. The molecule has 0 bridgehead atoms. The summed E-state index contributed by atoms with van der Waals surface area (Å²) < 4.78 is 49.4. The minimum absolute atomic E-state index is 0.0864. The zero-order chi connectivity index (χ0) is 27.7. The highest BCUT2D eigenvalue weighted by molar-refractivity contribution is 5.98. The first-order valence-corrected chi connectivity index (χ1v) is 11.9. The molecule has 0 unspecified atom stereocenters. The van der Waals surface area contributed by atoms with Crippen molar-refractivity contribution in [2.24, 2.45) is 5.92 Å². The number of amides is 1. The van der Waals surface area contributed by atoms with Gasteiger partial charge in [0.25, 0.3) is 5.91 Å². The number of nitrogens with one attached hydrogen (secondary N) is 1. The Morgan fingerprint density at radius 1 is 1.05 bits per heavy atom. The molecule has 11 heteroatoms. The zero-order valence-electron chi connectivity index (χ0n) is 21.7. The largest absolute Gasteiger partial charge is 0.490 e.